The topological polar surface area (TPSA) is 11.4 Å². The van der Waals surface area contributed by atoms with Gasteiger partial charge in [0, 0.05) is 57.2 Å². The van der Waals surface area contributed by atoms with Crippen LogP contribution >= 0.6 is 0 Å². The lowest BCUT2D eigenvalue weighted by Gasteiger charge is -2.32. The largest absolute Gasteiger partial charge is 0.344 e. The molecule has 2 aliphatic carbocycles. The first-order valence-electron chi connectivity index (χ1n) is 20.7. The quantitative estimate of drug-likeness (QED) is 0.143. The van der Waals surface area contributed by atoms with Gasteiger partial charge in [0.1, 0.15) is 0 Å². The van der Waals surface area contributed by atoms with E-state index in [2.05, 4.69) is 235 Å². The van der Waals surface area contributed by atoms with Crippen LogP contribution in [0.3, 0.4) is 0 Å². The van der Waals surface area contributed by atoms with Crippen LogP contribution in [0.1, 0.15) is 29.2 Å². The van der Waals surface area contributed by atoms with Crippen LogP contribution in [-0.2, 0) is 12.5 Å². The fraction of sp³-hybridized carbons (Fsp3) is 0.0526. The van der Waals surface area contributed by atoms with Crippen molar-refractivity contribution in [3.63, 3.8) is 0 Å². The highest BCUT2D eigenvalue weighted by atomic mass is 15.2. The zero-order valence-electron chi connectivity index (χ0n) is 33.8. The SMILES string of the molecule is C=C/C=C\C(=C/C)N(c1ccccc1)c1ccc2c(c1)C1(C=Cc3ccccc31)c1cc(N(c3ccccc3)c3ccc4c5ccccc5n(C)c4c3)c3ccccc3c1-2. The van der Waals surface area contributed by atoms with Crippen LogP contribution < -0.4 is 9.80 Å². The number of anilines is 5. The van der Waals surface area contributed by atoms with Gasteiger partial charge in [-0.05, 0) is 112 Å². The van der Waals surface area contributed by atoms with E-state index < -0.39 is 5.41 Å². The van der Waals surface area contributed by atoms with E-state index in [1.54, 1.807) is 0 Å². The molecule has 0 saturated heterocycles. The number of nitrogens with zero attached hydrogens (tertiary/aromatic N) is 3. The minimum absolute atomic E-state index is 0.520. The Balaban J connectivity index is 1.20. The third kappa shape index (κ3) is 5.22. The van der Waals surface area contributed by atoms with Crippen molar-refractivity contribution < 1.29 is 0 Å². The van der Waals surface area contributed by atoms with Crippen molar-refractivity contribution >= 4 is 67.1 Å². The molecule has 0 aliphatic heterocycles. The molecule has 11 rings (SSSR count). The Hall–Kier alpha value is -7.62. The fourth-order valence-corrected chi connectivity index (χ4v) is 10.1. The zero-order valence-corrected chi connectivity index (χ0v) is 33.8. The lowest BCUT2D eigenvalue weighted by Crippen LogP contribution is -2.24. The number of para-hydroxylation sites is 3. The molecule has 0 amide bonds. The van der Waals surface area contributed by atoms with Gasteiger partial charge in [-0.1, -0.05) is 152 Å². The molecule has 60 heavy (non-hydrogen) atoms. The molecule has 1 aromatic heterocycles. The molecule has 0 N–H and O–H groups in total. The fourth-order valence-electron chi connectivity index (χ4n) is 10.1. The third-order valence-electron chi connectivity index (χ3n) is 12.7. The lowest BCUT2D eigenvalue weighted by molar-refractivity contribution is 0.822. The van der Waals surface area contributed by atoms with Crippen LogP contribution in [0.4, 0.5) is 28.4 Å². The van der Waals surface area contributed by atoms with Crippen LogP contribution in [0, 0.1) is 0 Å². The van der Waals surface area contributed by atoms with E-state index in [-0.39, 0.29) is 0 Å². The minimum atomic E-state index is -0.520. The van der Waals surface area contributed by atoms with Gasteiger partial charge in [-0.2, -0.15) is 0 Å². The lowest BCUT2D eigenvalue weighted by atomic mass is 9.73. The molecule has 0 fully saturated rings. The summed E-state index contributed by atoms with van der Waals surface area (Å²) in [4.78, 5) is 4.82. The number of rotatable bonds is 8. The van der Waals surface area contributed by atoms with Crippen LogP contribution in [-0.4, -0.2) is 4.57 Å². The van der Waals surface area contributed by atoms with Gasteiger partial charge < -0.3 is 14.4 Å². The summed E-state index contributed by atoms with van der Waals surface area (Å²) in [6.45, 7) is 6.08. The second-order valence-electron chi connectivity index (χ2n) is 15.8. The summed E-state index contributed by atoms with van der Waals surface area (Å²) in [5.41, 5.74) is 16.2. The van der Waals surface area contributed by atoms with Crippen molar-refractivity contribution in [1.29, 1.82) is 0 Å². The third-order valence-corrected chi connectivity index (χ3v) is 12.7. The van der Waals surface area contributed by atoms with Crippen LogP contribution in [0.15, 0.2) is 219 Å². The van der Waals surface area contributed by atoms with Crippen molar-refractivity contribution in [3.8, 4) is 11.1 Å². The highest BCUT2D eigenvalue weighted by molar-refractivity contribution is 6.13. The van der Waals surface area contributed by atoms with Crippen LogP contribution in [0.2, 0.25) is 0 Å². The Morgan fingerprint density at radius 2 is 1.23 bits per heavy atom. The molecule has 0 bridgehead atoms. The molecule has 9 aromatic rings. The van der Waals surface area contributed by atoms with E-state index >= 15 is 0 Å². The van der Waals surface area contributed by atoms with Crippen LogP contribution in [0.5, 0.6) is 0 Å². The number of fused-ring (bicyclic) bond motifs is 12. The Labute approximate surface area is 351 Å². The molecule has 8 aromatic carbocycles. The summed E-state index contributed by atoms with van der Waals surface area (Å²) >= 11 is 0. The van der Waals surface area contributed by atoms with Gasteiger partial charge in [0.15, 0.2) is 0 Å². The van der Waals surface area contributed by atoms with Gasteiger partial charge in [-0.3, -0.25) is 0 Å². The summed E-state index contributed by atoms with van der Waals surface area (Å²) in [5.74, 6) is 0. The first-order valence-corrected chi connectivity index (χ1v) is 20.7. The molecule has 2 aliphatic rings. The Kier molecular flexibility index (Phi) is 8.31. The predicted molar refractivity (Wildman–Crippen MR) is 255 cm³/mol. The Morgan fingerprint density at radius 1 is 0.567 bits per heavy atom. The highest BCUT2D eigenvalue weighted by Gasteiger charge is 2.47. The molecule has 1 unspecified atom stereocenters. The number of hydrogen-bond acceptors (Lipinski definition) is 2. The van der Waals surface area contributed by atoms with Crippen molar-refractivity contribution in [1.82, 2.24) is 4.57 Å². The predicted octanol–water partition coefficient (Wildman–Crippen LogP) is 15.1. The van der Waals surface area contributed by atoms with E-state index in [1.807, 2.05) is 12.2 Å². The van der Waals surface area contributed by atoms with E-state index in [0.717, 1.165) is 34.1 Å². The van der Waals surface area contributed by atoms with E-state index in [0.29, 0.717) is 0 Å². The summed E-state index contributed by atoms with van der Waals surface area (Å²) in [6, 6.07) is 64.7. The van der Waals surface area contributed by atoms with Gasteiger partial charge >= 0.3 is 0 Å². The molecule has 1 spiro atoms. The van der Waals surface area contributed by atoms with Gasteiger partial charge in [0.05, 0.1) is 16.6 Å². The number of hydrogen-bond donors (Lipinski definition) is 0. The van der Waals surface area contributed by atoms with Gasteiger partial charge in [0.25, 0.3) is 0 Å². The van der Waals surface area contributed by atoms with Gasteiger partial charge in [-0.25, -0.2) is 0 Å². The van der Waals surface area contributed by atoms with Gasteiger partial charge in [-0.15, -0.1) is 0 Å². The maximum Gasteiger partial charge on any atom is 0.0654 e. The number of aromatic nitrogens is 1. The molecule has 0 saturated carbocycles. The number of benzene rings is 8. The smallest absolute Gasteiger partial charge is 0.0654 e. The van der Waals surface area contributed by atoms with Crippen molar-refractivity contribution in [2.75, 3.05) is 9.80 Å². The molecule has 0 radical (unpaired) electrons. The molecule has 286 valence electrons. The average Bonchev–Trinajstić information content (AvgIpc) is 3.93. The van der Waals surface area contributed by atoms with Gasteiger partial charge in [0.2, 0.25) is 0 Å². The summed E-state index contributed by atoms with van der Waals surface area (Å²) in [5, 5.41) is 4.97. The zero-order chi connectivity index (χ0) is 40.4. The molecule has 3 nitrogen and oxygen atoms in total. The Bertz CT molecular complexity index is 3260. The molecular formula is C57H43N3. The van der Waals surface area contributed by atoms with Crippen molar-refractivity contribution in [2.24, 2.45) is 7.05 Å². The van der Waals surface area contributed by atoms with E-state index in [9.17, 15) is 0 Å². The first-order chi connectivity index (χ1) is 29.6. The maximum absolute atomic E-state index is 3.98. The summed E-state index contributed by atoms with van der Waals surface area (Å²) in [6.07, 6.45) is 12.9. The normalized spacial score (nSPS) is 15.3. The first kappa shape index (κ1) is 35.5. The molecule has 1 heterocycles. The molecular weight excluding hydrogens is 727 g/mol. The van der Waals surface area contributed by atoms with Crippen LogP contribution in [0.25, 0.3) is 49.8 Å². The molecule has 1 atom stereocenters. The van der Waals surface area contributed by atoms with E-state index in [4.69, 9.17) is 0 Å². The Morgan fingerprint density at radius 3 is 2.02 bits per heavy atom. The second-order valence-corrected chi connectivity index (χ2v) is 15.8. The van der Waals surface area contributed by atoms with Crippen molar-refractivity contribution in [3.05, 3.63) is 241 Å². The summed E-state index contributed by atoms with van der Waals surface area (Å²) < 4.78 is 2.33. The standard InChI is InChI=1S/C57H43N3/c1-4-6-20-40(5-2)59(41-21-9-7-10-22-41)43-31-33-49-51(36-43)57(35-34-39-19-13-17-28-50(39)57)52-38-55(46-26-14-15-27-48(46)56(49)52)60(42-23-11-8-12-24-42)44-30-32-47-45-25-16-18-29-53(45)58(3)54(47)37-44/h4-38H,1H2,2-3H3/b20-6-,40-5+. The maximum atomic E-state index is 3.98. The highest BCUT2D eigenvalue weighted by Crippen LogP contribution is 2.61. The monoisotopic (exact) mass is 769 g/mol. The molecule has 3 heteroatoms. The summed E-state index contributed by atoms with van der Waals surface area (Å²) in [7, 11) is 2.18. The second kappa shape index (κ2) is 14.0. The van der Waals surface area contributed by atoms with E-state index in [1.165, 1.54) is 66.0 Å². The number of aryl methyl sites for hydroxylation is 1. The van der Waals surface area contributed by atoms with Crippen molar-refractivity contribution in [2.45, 2.75) is 12.3 Å². The minimum Gasteiger partial charge on any atom is -0.344 e. The number of allylic oxidation sites excluding steroid dienone is 5. The average molecular weight is 770 g/mol.